The van der Waals surface area contributed by atoms with Gasteiger partial charge in [-0.05, 0) is 123 Å². The van der Waals surface area contributed by atoms with Crippen LogP contribution in [0.1, 0.15) is 73.6 Å². The maximum Gasteiger partial charge on any atom is 0.252 e. The quantitative estimate of drug-likeness (QED) is 0.165. The van der Waals surface area contributed by atoms with Gasteiger partial charge < -0.3 is 9.80 Å². The first-order chi connectivity index (χ1) is 27.3. The summed E-state index contributed by atoms with van der Waals surface area (Å²) in [6, 6.07) is 58.7. The van der Waals surface area contributed by atoms with Crippen LogP contribution in [0.5, 0.6) is 0 Å². The second-order valence-electron chi connectivity index (χ2n) is 17.0. The van der Waals surface area contributed by atoms with Crippen LogP contribution in [0, 0.1) is 0 Å². The number of rotatable bonds is 2. The van der Waals surface area contributed by atoms with Gasteiger partial charge in [0.25, 0.3) is 6.71 Å². The van der Waals surface area contributed by atoms with Crippen molar-refractivity contribution in [2.24, 2.45) is 0 Å². The van der Waals surface area contributed by atoms with Crippen LogP contribution in [0.15, 0.2) is 152 Å². The van der Waals surface area contributed by atoms with E-state index in [2.05, 4.69) is 161 Å². The zero-order chi connectivity index (χ0) is 35.9. The smallest absolute Gasteiger partial charge is 0.252 e. The molecule has 0 saturated heterocycles. The predicted octanol–water partition coefficient (Wildman–Crippen LogP) is 11.5. The van der Waals surface area contributed by atoms with Gasteiger partial charge in [0, 0.05) is 44.8 Å². The molecule has 6 aliphatic rings. The summed E-state index contributed by atoms with van der Waals surface area (Å²) >= 11 is 0. The number of benzene rings is 7. The fraction of sp³-hybridized carbons (Fsp3) is 0.192. The van der Waals surface area contributed by atoms with Gasteiger partial charge in [0.05, 0.1) is 5.69 Å². The second kappa shape index (κ2) is 10.9. The number of anilines is 6. The Bertz CT molecular complexity index is 2750. The number of hydrogen-bond acceptors (Lipinski definition) is 2. The Morgan fingerprint density at radius 1 is 0.400 bits per heavy atom. The van der Waals surface area contributed by atoms with Crippen LogP contribution in [0.4, 0.5) is 34.1 Å². The van der Waals surface area contributed by atoms with Gasteiger partial charge in [-0.1, -0.05) is 135 Å². The number of nitrogens with zero attached hydrogens (tertiary/aromatic N) is 2. The Hall–Kier alpha value is -5.80. The molecule has 0 aromatic heterocycles. The molecule has 2 fully saturated rings. The highest BCUT2D eigenvalue weighted by Gasteiger charge is 2.52. The van der Waals surface area contributed by atoms with Crippen LogP contribution in [0.3, 0.4) is 0 Å². The topological polar surface area (TPSA) is 6.48 Å². The van der Waals surface area contributed by atoms with Crippen LogP contribution in [0.25, 0.3) is 22.3 Å². The van der Waals surface area contributed by atoms with Crippen molar-refractivity contribution in [3.05, 3.63) is 174 Å². The molecule has 13 rings (SSSR count). The van der Waals surface area contributed by atoms with Crippen molar-refractivity contribution in [3.63, 3.8) is 0 Å². The van der Waals surface area contributed by atoms with Crippen molar-refractivity contribution in [2.75, 3.05) is 9.80 Å². The molecule has 0 atom stereocenters. The maximum atomic E-state index is 2.69. The van der Waals surface area contributed by atoms with Crippen LogP contribution in [-0.2, 0) is 10.8 Å². The van der Waals surface area contributed by atoms with E-state index in [0.29, 0.717) is 0 Å². The van der Waals surface area contributed by atoms with Gasteiger partial charge in [0.1, 0.15) is 0 Å². The van der Waals surface area contributed by atoms with E-state index in [4.69, 9.17) is 0 Å². The van der Waals surface area contributed by atoms with Gasteiger partial charge in [-0.15, -0.1) is 0 Å². The number of fused-ring (bicyclic) bond motifs is 15. The molecule has 2 aliphatic heterocycles. The van der Waals surface area contributed by atoms with E-state index < -0.39 is 0 Å². The van der Waals surface area contributed by atoms with Crippen molar-refractivity contribution in [2.45, 2.75) is 62.2 Å². The predicted molar refractivity (Wildman–Crippen MR) is 230 cm³/mol. The summed E-state index contributed by atoms with van der Waals surface area (Å²) in [5.41, 5.74) is 24.1. The van der Waals surface area contributed by atoms with Gasteiger partial charge in [-0.2, -0.15) is 0 Å². The van der Waals surface area contributed by atoms with E-state index >= 15 is 0 Å². The Kier molecular flexibility index (Phi) is 6.06. The number of hydrogen-bond donors (Lipinski definition) is 0. The summed E-state index contributed by atoms with van der Waals surface area (Å²) in [7, 11) is 0. The molecule has 2 nitrogen and oxygen atoms in total. The van der Waals surface area contributed by atoms with Gasteiger partial charge in [-0.3, -0.25) is 0 Å². The normalized spacial score (nSPS) is 18.1. The van der Waals surface area contributed by atoms with Crippen LogP contribution in [0.2, 0.25) is 0 Å². The van der Waals surface area contributed by atoms with Gasteiger partial charge in [0.15, 0.2) is 0 Å². The average Bonchev–Trinajstić information content (AvgIpc) is 4.05. The lowest BCUT2D eigenvalue weighted by atomic mass is 9.33. The van der Waals surface area contributed by atoms with Crippen molar-refractivity contribution in [1.29, 1.82) is 0 Å². The molecule has 7 aromatic rings. The lowest BCUT2D eigenvalue weighted by Gasteiger charge is -2.45. The minimum atomic E-state index is 0.0302. The summed E-state index contributed by atoms with van der Waals surface area (Å²) in [6.07, 6.45) is 10.0. The molecule has 55 heavy (non-hydrogen) atoms. The third-order valence-electron chi connectivity index (χ3n) is 14.7. The molecule has 0 amide bonds. The number of para-hydroxylation sites is 3. The van der Waals surface area contributed by atoms with E-state index in [1.807, 2.05) is 0 Å². The highest BCUT2D eigenvalue weighted by molar-refractivity contribution is 7.00. The summed E-state index contributed by atoms with van der Waals surface area (Å²) in [4.78, 5) is 5.31. The summed E-state index contributed by atoms with van der Waals surface area (Å²) in [5, 5.41) is 0. The average molecular weight is 705 g/mol. The van der Waals surface area contributed by atoms with E-state index in [0.717, 1.165) is 0 Å². The molecule has 0 radical (unpaired) electrons. The van der Waals surface area contributed by atoms with Crippen LogP contribution in [-0.4, -0.2) is 6.71 Å². The highest BCUT2D eigenvalue weighted by atomic mass is 15.2. The van der Waals surface area contributed by atoms with Gasteiger partial charge in [-0.25, -0.2) is 0 Å². The standard InChI is InChI=1S/C52H41BN2/c1-2-16-34(17-3-1)55-46-25-11-9-23-44(46)53-43-22-8-10-24-45(43)54(35-26-27-37-36-18-4-6-20-39(36)51(41(37)32-35)28-12-13-29-51)47-33-42-48(50(55)49(47)53)38-19-5-7-21-40(38)52(42)30-14-15-31-52/h1-11,16-27,32-33H,12-15,28-31H2. The van der Waals surface area contributed by atoms with Crippen molar-refractivity contribution >= 4 is 57.2 Å². The molecular formula is C52H41BN2. The van der Waals surface area contributed by atoms with Crippen molar-refractivity contribution in [1.82, 2.24) is 0 Å². The fourth-order valence-corrected chi connectivity index (χ4v) is 12.6. The molecule has 0 N–H and O–H groups in total. The zero-order valence-electron chi connectivity index (χ0n) is 31.1. The molecule has 7 aromatic carbocycles. The zero-order valence-corrected chi connectivity index (χ0v) is 31.1. The van der Waals surface area contributed by atoms with E-state index in [1.165, 1.54) is 141 Å². The van der Waals surface area contributed by atoms with Crippen molar-refractivity contribution < 1.29 is 0 Å². The lowest BCUT2D eigenvalue weighted by Crippen LogP contribution is -2.61. The van der Waals surface area contributed by atoms with Gasteiger partial charge >= 0.3 is 0 Å². The molecule has 262 valence electrons. The first-order valence-corrected chi connectivity index (χ1v) is 20.7. The Labute approximate surface area is 324 Å². The minimum absolute atomic E-state index is 0.0302. The van der Waals surface area contributed by atoms with Crippen molar-refractivity contribution in [3.8, 4) is 22.3 Å². The van der Waals surface area contributed by atoms with Gasteiger partial charge in [0.2, 0.25) is 0 Å². The van der Waals surface area contributed by atoms with E-state index in [1.54, 1.807) is 5.56 Å². The summed E-state index contributed by atoms with van der Waals surface area (Å²) in [5.74, 6) is 0. The SMILES string of the molecule is c1ccc(N2c3ccccc3B3c4ccccc4N(c4ccc5c(c4)C4(CCCC4)c4ccccc4-5)c4cc5c(c2c43)-c2ccccc2C52CCCC2)cc1. The third kappa shape index (κ3) is 3.77. The Balaban J connectivity index is 1.16. The molecular weight excluding hydrogens is 663 g/mol. The lowest BCUT2D eigenvalue weighted by molar-refractivity contribution is 0.549. The highest BCUT2D eigenvalue weighted by Crippen LogP contribution is 2.62. The summed E-state index contributed by atoms with van der Waals surface area (Å²) < 4.78 is 0. The largest absolute Gasteiger partial charge is 0.311 e. The molecule has 2 spiro atoms. The van der Waals surface area contributed by atoms with E-state index in [-0.39, 0.29) is 17.5 Å². The first-order valence-electron chi connectivity index (χ1n) is 20.7. The first kappa shape index (κ1) is 30.5. The van der Waals surface area contributed by atoms with E-state index in [9.17, 15) is 0 Å². The maximum absolute atomic E-state index is 2.69. The Morgan fingerprint density at radius 3 is 1.65 bits per heavy atom. The van der Waals surface area contributed by atoms with Crippen LogP contribution >= 0.6 is 0 Å². The molecule has 4 aliphatic carbocycles. The fourth-order valence-electron chi connectivity index (χ4n) is 12.6. The monoisotopic (exact) mass is 704 g/mol. The minimum Gasteiger partial charge on any atom is -0.311 e. The van der Waals surface area contributed by atoms with Crippen LogP contribution < -0.4 is 26.2 Å². The molecule has 2 heterocycles. The Morgan fingerprint density at radius 2 is 0.945 bits per heavy atom. The summed E-state index contributed by atoms with van der Waals surface area (Å²) in [6.45, 7) is 0.117. The molecule has 2 saturated carbocycles. The molecule has 0 bridgehead atoms. The molecule has 0 unspecified atom stereocenters. The second-order valence-corrected chi connectivity index (χ2v) is 17.0. The third-order valence-corrected chi connectivity index (χ3v) is 14.7. The molecule has 3 heteroatoms.